The van der Waals surface area contributed by atoms with Crippen LogP contribution in [-0.2, 0) is 11.2 Å². The summed E-state index contributed by atoms with van der Waals surface area (Å²) in [6.45, 7) is 0. The molecule has 0 saturated heterocycles. The molecule has 1 fully saturated rings. The summed E-state index contributed by atoms with van der Waals surface area (Å²) in [5, 5.41) is 10.00. The van der Waals surface area contributed by atoms with Gasteiger partial charge in [0.2, 0.25) is 0 Å². The van der Waals surface area contributed by atoms with Gasteiger partial charge in [-0.15, -0.1) is 0 Å². The van der Waals surface area contributed by atoms with Crippen molar-refractivity contribution >= 4 is 46.3 Å². The molecule has 0 spiro atoms. The first-order valence-corrected chi connectivity index (χ1v) is 9.96. The average molecular weight is 399 g/mol. The lowest BCUT2D eigenvalue weighted by molar-refractivity contribution is -0.137. The third-order valence-electron chi connectivity index (χ3n) is 4.78. The molecule has 5 heteroatoms. The molecule has 1 aromatic carbocycles. The molecule has 1 aliphatic carbocycles. The molecule has 0 heterocycles. The van der Waals surface area contributed by atoms with Gasteiger partial charge in [0.15, 0.2) is 0 Å². The number of carbonyl (C=O) groups is 1. The molecule has 25 heavy (non-hydrogen) atoms. The molecule has 0 aliphatic heterocycles. The van der Waals surface area contributed by atoms with Crippen molar-refractivity contribution < 1.29 is 9.90 Å². The number of halogens is 2. The van der Waals surface area contributed by atoms with E-state index in [1.165, 1.54) is 4.86 Å². The van der Waals surface area contributed by atoms with E-state index in [1.807, 2.05) is 12.1 Å². The quantitative estimate of drug-likeness (QED) is 0.292. The molecule has 0 radical (unpaired) electrons. The van der Waals surface area contributed by atoms with Crippen molar-refractivity contribution in [3.05, 3.63) is 46.0 Å². The molecular formula is C20H24Cl2O2S. The highest BCUT2D eigenvalue weighted by atomic mass is 35.5. The number of unbranched alkanes of at least 4 members (excludes halogenated alkanes) is 1. The van der Waals surface area contributed by atoms with Crippen LogP contribution in [0.3, 0.4) is 0 Å². The van der Waals surface area contributed by atoms with Crippen molar-refractivity contribution in [2.24, 2.45) is 11.8 Å². The summed E-state index contributed by atoms with van der Waals surface area (Å²) in [6, 6.07) is 5.70. The Morgan fingerprint density at radius 3 is 2.64 bits per heavy atom. The minimum Gasteiger partial charge on any atom is -0.481 e. The van der Waals surface area contributed by atoms with Crippen LogP contribution in [0.1, 0.15) is 50.5 Å². The number of hydrogen-bond acceptors (Lipinski definition) is 2. The summed E-state index contributed by atoms with van der Waals surface area (Å²) in [5.41, 5.74) is 1.16. The standard InChI is InChI=1S/C20H24Cl2O2S/c21-16-11-14(12-17(22)13-16)7-9-18-15(8-10-19(18)25)5-3-1-2-4-6-20(23)24/h1,3,11-13,15,18H,2,4-10H2,(H,23,24)/b3-1-/t15-,18+/m0/s1. The third kappa shape index (κ3) is 7.08. The molecule has 0 aromatic heterocycles. The van der Waals surface area contributed by atoms with Crippen LogP contribution in [0.4, 0.5) is 0 Å². The first-order chi connectivity index (χ1) is 12.0. The molecule has 2 atom stereocenters. The molecule has 136 valence electrons. The van der Waals surface area contributed by atoms with Crippen LogP contribution in [0.25, 0.3) is 0 Å². The van der Waals surface area contributed by atoms with E-state index >= 15 is 0 Å². The number of allylic oxidation sites excluding steroid dienone is 2. The van der Waals surface area contributed by atoms with Crippen molar-refractivity contribution in [3.63, 3.8) is 0 Å². The second-order valence-corrected chi connectivity index (χ2v) is 8.08. The summed E-state index contributed by atoms with van der Waals surface area (Å²) >= 11 is 17.7. The molecular weight excluding hydrogens is 375 g/mol. The number of hydrogen-bond donors (Lipinski definition) is 1. The highest BCUT2D eigenvalue weighted by Crippen LogP contribution is 2.36. The topological polar surface area (TPSA) is 37.3 Å². The number of aliphatic carboxylic acids is 1. The molecule has 0 bridgehead atoms. The summed E-state index contributed by atoms with van der Waals surface area (Å²) < 4.78 is 0. The van der Waals surface area contributed by atoms with E-state index in [2.05, 4.69) is 12.2 Å². The third-order valence-corrected chi connectivity index (χ3v) is 5.72. The Bertz CT molecular complexity index is 622. The van der Waals surface area contributed by atoms with Gasteiger partial charge >= 0.3 is 5.97 Å². The van der Waals surface area contributed by atoms with Gasteiger partial charge in [0, 0.05) is 16.5 Å². The van der Waals surface area contributed by atoms with Crippen molar-refractivity contribution in [2.45, 2.75) is 51.4 Å². The van der Waals surface area contributed by atoms with Crippen LogP contribution in [0.2, 0.25) is 10.0 Å². The number of carboxylic acids is 1. The van der Waals surface area contributed by atoms with Gasteiger partial charge in [0.25, 0.3) is 0 Å². The number of thiocarbonyl (C=S) groups is 1. The minimum atomic E-state index is -0.726. The van der Waals surface area contributed by atoms with Gasteiger partial charge < -0.3 is 5.11 Å². The van der Waals surface area contributed by atoms with Crippen LogP contribution < -0.4 is 0 Å². The van der Waals surface area contributed by atoms with Crippen molar-refractivity contribution in [1.29, 1.82) is 0 Å². The zero-order valence-electron chi connectivity index (χ0n) is 14.2. The van der Waals surface area contributed by atoms with Crippen LogP contribution in [-0.4, -0.2) is 15.9 Å². The fraction of sp³-hybridized carbons (Fsp3) is 0.500. The SMILES string of the molecule is O=C(O)CCC/C=C\C[C@H]1CCC(=S)[C@@H]1CCc1cc(Cl)cc(Cl)c1. The smallest absolute Gasteiger partial charge is 0.303 e. The van der Waals surface area contributed by atoms with Gasteiger partial charge in [0.05, 0.1) is 0 Å². The predicted molar refractivity (Wildman–Crippen MR) is 109 cm³/mol. The summed E-state index contributed by atoms with van der Waals surface area (Å²) in [5.74, 6) is 0.338. The Morgan fingerprint density at radius 1 is 1.24 bits per heavy atom. The average Bonchev–Trinajstić information content (AvgIpc) is 2.87. The van der Waals surface area contributed by atoms with Gasteiger partial charge in [-0.3, -0.25) is 4.79 Å². The van der Waals surface area contributed by atoms with E-state index in [1.54, 1.807) is 6.07 Å². The Balaban J connectivity index is 1.82. The summed E-state index contributed by atoms with van der Waals surface area (Å²) in [6.07, 6.45) is 11.3. The first kappa shape index (κ1) is 20.4. The first-order valence-electron chi connectivity index (χ1n) is 8.80. The van der Waals surface area contributed by atoms with Crippen molar-refractivity contribution in [2.75, 3.05) is 0 Å². The lowest BCUT2D eigenvalue weighted by atomic mass is 9.87. The van der Waals surface area contributed by atoms with Gasteiger partial charge in [-0.25, -0.2) is 0 Å². The van der Waals surface area contributed by atoms with E-state index in [4.69, 9.17) is 40.5 Å². The highest BCUT2D eigenvalue weighted by Gasteiger charge is 2.30. The van der Waals surface area contributed by atoms with Gasteiger partial charge in [-0.1, -0.05) is 47.6 Å². The summed E-state index contributed by atoms with van der Waals surface area (Å²) in [7, 11) is 0. The molecule has 1 aliphatic rings. The van der Waals surface area contributed by atoms with Crippen LogP contribution in [0, 0.1) is 11.8 Å². The number of carboxylic acid groups (broad SMARTS) is 1. The molecule has 2 rings (SSSR count). The van der Waals surface area contributed by atoms with Crippen LogP contribution in [0.5, 0.6) is 0 Å². The molecule has 2 nitrogen and oxygen atoms in total. The largest absolute Gasteiger partial charge is 0.481 e. The highest BCUT2D eigenvalue weighted by molar-refractivity contribution is 7.80. The molecule has 0 unspecified atom stereocenters. The second-order valence-electron chi connectivity index (χ2n) is 6.68. The zero-order valence-corrected chi connectivity index (χ0v) is 16.5. The molecule has 1 aromatic rings. The lowest BCUT2D eigenvalue weighted by Gasteiger charge is -2.18. The fourth-order valence-electron chi connectivity index (χ4n) is 3.49. The summed E-state index contributed by atoms with van der Waals surface area (Å²) in [4.78, 5) is 11.7. The van der Waals surface area contributed by atoms with E-state index in [9.17, 15) is 4.79 Å². The van der Waals surface area contributed by atoms with Crippen LogP contribution in [0.15, 0.2) is 30.4 Å². The number of aryl methyl sites for hydroxylation is 1. The van der Waals surface area contributed by atoms with Gasteiger partial charge in [0.1, 0.15) is 0 Å². The zero-order chi connectivity index (χ0) is 18.2. The van der Waals surface area contributed by atoms with Crippen molar-refractivity contribution in [3.8, 4) is 0 Å². The fourth-order valence-corrected chi connectivity index (χ4v) is 4.49. The van der Waals surface area contributed by atoms with E-state index in [0.717, 1.165) is 44.1 Å². The normalized spacial score (nSPS) is 20.5. The van der Waals surface area contributed by atoms with E-state index in [0.29, 0.717) is 28.3 Å². The van der Waals surface area contributed by atoms with Gasteiger partial charge in [-0.05, 0) is 85.4 Å². The maximum Gasteiger partial charge on any atom is 0.303 e. The van der Waals surface area contributed by atoms with E-state index in [-0.39, 0.29) is 6.42 Å². The molecule has 0 amide bonds. The number of benzene rings is 1. The van der Waals surface area contributed by atoms with Crippen LogP contribution >= 0.6 is 35.4 Å². The second kappa shape index (κ2) is 10.3. The van der Waals surface area contributed by atoms with E-state index < -0.39 is 5.97 Å². The monoisotopic (exact) mass is 398 g/mol. The van der Waals surface area contributed by atoms with Gasteiger partial charge in [-0.2, -0.15) is 0 Å². The molecule has 1 saturated carbocycles. The Labute approximate surface area is 165 Å². The lowest BCUT2D eigenvalue weighted by Crippen LogP contribution is -2.14. The maximum atomic E-state index is 10.5. The Hall–Kier alpha value is -0.900. The van der Waals surface area contributed by atoms with Crippen molar-refractivity contribution in [1.82, 2.24) is 0 Å². The predicted octanol–water partition coefficient (Wildman–Crippen LogP) is 6.52. The number of rotatable bonds is 9. The molecule has 1 N–H and O–H groups in total. The minimum absolute atomic E-state index is 0.239. The Morgan fingerprint density at radius 2 is 1.96 bits per heavy atom. The Kier molecular flexibility index (Phi) is 8.41. The maximum absolute atomic E-state index is 10.5.